The molecule has 0 bridgehead atoms. The van der Waals surface area contributed by atoms with Crippen molar-refractivity contribution >= 4 is 60.3 Å². The van der Waals surface area contributed by atoms with E-state index in [1.54, 1.807) is 0 Å². The molecular formula is C48H31NO. The fourth-order valence-corrected chi connectivity index (χ4v) is 7.98. The number of hydrogen-bond acceptors (Lipinski definition) is 2. The molecule has 0 aliphatic heterocycles. The second-order valence-corrected chi connectivity index (χ2v) is 12.7. The van der Waals surface area contributed by atoms with Crippen molar-refractivity contribution in [3.63, 3.8) is 0 Å². The SMILES string of the molecule is C=C/C=C\c1c(C)c(-c2ccccc2)c2ccccc2c1-c1cccc2oc3cc(-c4c5ccccc5c(C#N)c5ccccc45)ccc3c12. The highest BCUT2D eigenvalue weighted by atomic mass is 16.3. The molecule has 0 N–H and O–H groups in total. The summed E-state index contributed by atoms with van der Waals surface area (Å²) >= 11 is 0. The summed E-state index contributed by atoms with van der Waals surface area (Å²) in [4.78, 5) is 0. The number of nitrogens with zero attached hydrogens (tertiary/aromatic N) is 1. The molecule has 9 rings (SSSR count). The zero-order valence-electron chi connectivity index (χ0n) is 27.6. The molecule has 0 saturated heterocycles. The van der Waals surface area contributed by atoms with Crippen LogP contribution in [0, 0.1) is 18.3 Å². The van der Waals surface area contributed by atoms with Crippen molar-refractivity contribution in [2.45, 2.75) is 6.92 Å². The van der Waals surface area contributed by atoms with Crippen LogP contribution in [0.5, 0.6) is 0 Å². The van der Waals surface area contributed by atoms with Gasteiger partial charge in [0.05, 0.1) is 5.56 Å². The molecule has 50 heavy (non-hydrogen) atoms. The summed E-state index contributed by atoms with van der Waals surface area (Å²) in [7, 11) is 0. The normalized spacial score (nSPS) is 11.7. The number of nitriles is 1. The molecule has 0 saturated carbocycles. The summed E-state index contributed by atoms with van der Waals surface area (Å²) in [6.07, 6.45) is 6.06. The number of furan rings is 1. The molecule has 0 radical (unpaired) electrons. The minimum atomic E-state index is 0.705. The number of fused-ring (bicyclic) bond motifs is 6. The molecule has 1 heterocycles. The van der Waals surface area contributed by atoms with E-state index in [-0.39, 0.29) is 0 Å². The van der Waals surface area contributed by atoms with Crippen LogP contribution in [0.4, 0.5) is 0 Å². The number of benzene rings is 8. The topological polar surface area (TPSA) is 36.9 Å². The molecule has 0 amide bonds. The molecule has 0 unspecified atom stereocenters. The summed E-state index contributed by atoms with van der Waals surface area (Å²) in [5.41, 5.74) is 11.7. The van der Waals surface area contributed by atoms with Gasteiger partial charge in [-0.1, -0.05) is 146 Å². The van der Waals surface area contributed by atoms with Gasteiger partial charge >= 0.3 is 0 Å². The predicted octanol–water partition coefficient (Wildman–Crippen LogP) is 13.4. The summed E-state index contributed by atoms with van der Waals surface area (Å²) in [6, 6.07) is 51.2. The Morgan fingerprint density at radius 2 is 1.16 bits per heavy atom. The zero-order chi connectivity index (χ0) is 33.8. The maximum absolute atomic E-state index is 10.2. The highest BCUT2D eigenvalue weighted by Gasteiger charge is 2.22. The van der Waals surface area contributed by atoms with E-state index in [0.717, 1.165) is 65.7 Å². The smallest absolute Gasteiger partial charge is 0.136 e. The summed E-state index contributed by atoms with van der Waals surface area (Å²) < 4.78 is 6.72. The van der Waals surface area contributed by atoms with Crippen molar-refractivity contribution in [3.8, 4) is 39.4 Å². The van der Waals surface area contributed by atoms with Crippen molar-refractivity contribution in [2.24, 2.45) is 0 Å². The van der Waals surface area contributed by atoms with Gasteiger partial charge in [0.15, 0.2) is 0 Å². The van der Waals surface area contributed by atoms with E-state index in [9.17, 15) is 5.26 Å². The minimum absolute atomic E-state index is 0.705. The molecule has 0 aliphatic carbocycles. The highest BCUT2D eigenvalue weighted by molar-refractivity contribution is 6.21. The Balaban J connectivity index is 1.34. The summed E-state index contributed by atoms with van der Waals surface area (Å²) in [5, 5.41) is 18.8. The molecule has 2 heteroatoms. The zero-order valence-corrected chi connectivity index (χ0v) is 27.6. The van der Waals surface area contributed by atoms with Gasteiger partial charge in [0.2, 0.25) is 0 Å². The van der Waals surface area contributed by atoms with Gasteiger partial charge in [-0.25, -0.2) is 0 Å². The molecule has 0 fully saturated rings. The van der Waals surface area contributed by atoms with E-state index in [1.165, 1.54) is 33.0 Å². The van der Waals surface area contributed by atoms with Crippen LogP contribution in [0.3, 0.4) is 0 Å². The summed E-state index contributed by atoms with van der Waals surface area (Å²) in [6.45, 7) is 6.23. The third-order valence-electron chi connectivity index (χ3n) is 10.1. The Morgan fingerprint density at radius 3 is 1.80 bits per heavy atom. The minimum Gasteiger partial charge on any atom is -0.456 e. The van der Waals surface area contributed by atoms with E-state index in [0.29, 0.717) is 5.56 Å². The first-order valence-corrected chi connectivity index (χ1v) is 16.9. The number of hydrogen-bond donors (Lipinski definition) is 0. The Labute approximate surface area is 290 Å². The fraction of sp³-hybridized carbons (Fsp3) is 0.0208. The van der Waals surface area contributed by atoms with Crippen molar-refractivity contribution < 1.29 is 4.42 Å². The van der Waals surface area contributed by atoms with Crippen molar-refractivity contribution in [1.82, 2.24) is 0 Å². The maximum Gasteiger partial charge on any atom is 0.136 e. The number of rotatable bonds is 5. The molecule has 8 aromatic carbocycles. The first-order valence-electron chi connectivity index (χ1n) is 16.9. The van der Waals surface area contributed by atoms with E-state index in [4.69, 9.17) is 4.42 Å². The summed E-state index contributed by atoms with van der Waals surface area (Å²) in [5.74, 6) is 0. The van der Waals surface area contributed by atoms with Gasteiger partial charge in [-0.05, 0) is 91.2 Å². The third kappa shape index (κ3) is 4.41. The van der Waals surface area contributed by atoms with Crippen LogP contribution in [0.2, 0.25) is 0 Å². The number of allylic oxidation sites excluding steroid dienone is 2. The van der Waals surface area contributed by atoms with Gasteiger partial charge in [0.25, 0.3) is 0 Å². The first-order chi connectivity index (χ1) is 24.7. The lowest BCUT2D eigenvalue weighted by Gasteiger charge is -2.20. The Bertz CT molecular complexity index is 2840. The molecule has 9 aromatic rings. The van der Waals surface area contributed by atoms with Crippen LogP contribution in [-0.2, 0) is 0 Å². The van der Waals surface area contributed by atoms with Gasteiger partial charge in [0.1, 0.15) is 17.2 Å². The Morgan fingerprint density at radius 1 is 0.560 bits per heavy atom. The molecule has 2 nitrogen and oxygen atoms in total. The van der Waals surface area contributed by atoms with Crippen molar-refractivity contribution in [2.75, 3.05) is 0 Å². The standard InChI is InChI=1S/C48H31NO/c1-3-4-17-33-30(2)45(31-15-6-5-7-16-31)38-22-12-13-23-39(38)47(33)41-24-14-25-43-48(41)40-27-26-32(28-44(40)50-43)46-36-20-10-8-18-34(36)42(29-49)35-19-9-11-21-37(35)46/h3-28H,1H2,2H3/b17-4-. The van der Waals surface area contributed by atoms with Crippen LogP contribution >= 0.6 is 0 Å². The van der Waals surface area contributed by atoms with E-state index in [1.807, 2.05) is 48.6 Å². The average Bonchev–Trinajstić information content (AvgIpc) is 3.54. The van der Waals surface area contributed by atoms with E-state index in [2.05, 4.69) is 129 Å². The lowest BCUT2D eigenvalue weighted by molar-refractivity contribution is 0.669. The van der Waals surface area contributed by atoms with Crippen LogP contribution in [0.15, 0.2) is 163 Å². The Hall–Kier alpha value is -6.69. The Kier molecular flexibility index (Phi) is 6.93. The van der Waals surface area contributed by atoms with E-state index >= 15 is 0 Å². The monoisotopic (exact) mass is 637 g/mol. The second-order valence-electron chi connectivity index (χ2n) is 12.7. The lowest BCUT2D eigenvalue weighted by Crippen LogP contribution is -1.96. The van der Waals surface area contributed by atoms with Crippen LogP contribution < -0.4 is 0 Å². The third-order valence-corrected chi connectivity index (χ3v) is 10.1. The predicted molar refractivity (Wildman–Crippen MR) is 211 cm³/mol. The lowest BCUT2D eigenvalue weighted by atomic mass is 9.83. The highest BCUT2D eigenvalue weighted by Crippen LogP contribution is 2.47. The van der Waals surface area contributed by atoms with Crippen LogP contribution in [0.25, 0.3) is 93.7 Å². The average molecular weight is 638 g/mol. The van der Waals surface area contributed by atoms with Crippen molar-refractivity contribution in [1.29, 1.82) is 5.26 Å². The molecule has 0 aliphatic rings. The molecular weight excluding hydrogens is 607 g/mol. The molecule has 0 spiro atoms. The van der Waals surface area contributed by atoms with Gasteiger partial charge in [-0.15, -0.1) is 0 Å². The van der Waals surface area contributed by atoms with E-state index < -0.39 is 0 Å². The molecule has 1 aromatic heterocycles. The largest absolute Gasteiger partial charge is 0.456 e. The fourth-order valence-electron chi connectivity index (χ4n) is 7.98. The van der Waals surface area contributed by atoms with Crippen LogP contribution in [-0.4, -0.2) is 0 Å². The van der Waals surface area contributed by atoms with Gasteiger partial charge in [0, 0.05) is 21.5 Å². The quantitative estimate of drug-likeness (QED) is 0.139. The van der Waals surface area contributed by atoms with Gasteiger partial charge < -0.3 is 4.42 Å². The molecule has 0 atom stereocenters. The molecule has 234 valence electrons. The second kappa shape index (κ2) is 11.8. The van der Waals surface area contributed by atoms with Gasteiger partial charge in [-0.3, -0.25) is 0 Å². The maximum atomic E-state index is 10.2. The van der Waals surface area contributed by atoms with Crippen LogP contribution in [0.1, 0.15) is 16.7 Å². The van der Waals surface area contributed by atoms with Crippen molar-refractivity contribution in [3.05, 3.63) is 175 Å². The van der Waals surface area contributed by atoms with Gasteiger partial charge in [-0.2, -0.15) is 5.26 Å². The first kappa shape index (κ1) is 29.4.